The van der Waals surface area contributed by atoms with E-state index in [4.69, 9.17) is 4.98 Å². The van der Waals surface area contributed by atoms with E-state index in [0.717, 1.165) is 50.2 Å². The van der Waals surface area contributed by atoms with Gasteiger partial charge in [0.25, 0.3) is 0 Å². The maximum Gasteiger partial charge on any atom is 0.339 e. The molecule has 0 saturated carbocycles. The molecule has 1 aliphatic carbocycles. The van der Waals surface area contributed by atoms with Gasteiger partial charge in [-0.25, -0.2) is 9.78 Å². The molecule has 0 spiro atoms. The predicted octanol–water partition coefficient (Wildman–Crippen LogP) is 1.55. The minimum atomic E-state index is -0.846. The first-order chi connectivity index (χ1) is 10.2. The molecule has 2 fully saturated rings. The largest absolute Gasteiger partial charge is 0.478 e. The van der Waals surface area contributed by atoms with E-state index in [1.807, 2.05) is 6.07 Å². The van der Waals surface area contributed by atoms with Crippen LogP contribution in [0.2, 0.25) is 0 Å². The Morgan fingerprint density at radius 2 is 2.14 bits per heavy atom. The zero-order valence-corrected chi connectivity index (χ0v) is 12.2. The van der Waals surface area contributed by atoms with Crippen molar-refractivity contribution in [2.75, 3.05) is 31.1 Å². The summed E-state index contributed by atoms with van der Waals surface area (Å²) >= 11 is 0. The number of nitrogens with zero attached hydrogens (tertiary/aromatic N) is 3. The molecule has 4 rings (SSSR count). The van der Waals surface area contributed by atoms with Crippen LogP contribution in [0, 0.1) is 0 Å². The highest BCUT2D eigenvalue weighted by molar-refractivity contribution is 5.93. The third-order valence-corrected chi connectivity index (χ3v) is 5.15. The Bertz CT molecular complexity index is 587. The van der Waals surface area contributed by atoms with Crippen molar-refractivity contribution in [3.8, 4) is 0 Å². The molecule has 0 bridgehead atoms. The van der Waals surface area contributed by atoms with Crippen molar-refractivity contribution in [1.82, 2.24) is 9.88 Å². The molecule has 3 heterocycles. The Hall–Kier alpha value is -1.62. The molecule has 3 aliphatic rings. The second-order valence-electron chi connectivity index (χ2n) is 6.40. The molecule has 1 aromatic rings. The average molecular weight is 287 g/mol. The van der Waals surface area contributed by atoms with Gasteiger partial charge in [-0.15, -0.1) is 0 Å². The lowest BCUT2D eigenvalue weighted by Crippen LogP contribution is -2.50. The molecule has 2 saturated heterocycles. The Morgan fingerprint density at radius 1 is 1.24 bits per heavy atom. The first-order valence-corrected chi connectivity index (χ1v) is 7.97. The summed E-state index contributed by atoms with van der Waals surface area (Å²) in [5.74, 6) is -0.143. The van der Waals surface area contributed by atoms with Crippen LogP contribution in [0.3, 0.4) is 0 Å². The first-order valence-electron chi connectivity index (χ1n) is 7.97. The van der Waals surface area contributed by atoms with Crippen molar-refractivity contribution in [3.63, 3.8) is 0 Å². The number of anilines is 1. The van der Waals surface area contributed by atoms with Crippen LogP contribution in [0.4, 0.5) is 5.82 Å². The van der Waals surface area contributed by atoms with Crippen LogP contribution in [0.5, 0.6) is 0 Å². The second kappa shape index (κ2) is 4.98. The molecule has 5 nitrogen and oxygen atoms in total. The number of carbonyl (C=O) groups is 1. The number of hydrogen-bond acceptors (Lipinski definition) is 4. The average Bonchev–Trinajstić information content (AvgIpc) is 3.13. The molecule has 2 aliphatic heterocycles. The van der Waals surface area contributed by atoms with Crippen LogP contribution in [0.1, 0.15) is 40.9 Å². The maximum absolute atomic E-state index is 11.6. The van der Waals surface area contributed by atoms with E-state index in [0.29, 0.717) is 17.4 Å². The SMILES string of the molecule is O=C(O)c1cc2c(nc1N1CCN3CCCC3C1)CCC2. The summed E-state index contributed by atoms with van der Waals surface area (Å²) in [5, 5.41) is 9.54. The molecular weight excluding hydrogens is 266 g/mol. The topological polar surface area (TPSA) is 56.7 Å². The number of piperazine rings is 1. The first kappa shape index (κ1) is 13.1. The summed E-state index contributed by atoms with van der Waals surface area (Å²) in [6.07, 6.45) is 5.55. The number of pyridine rings is 1. The van der Waals surface area contributed by atoms with Gasteiger partial charge >= 0.3 is 5.97 Å². The van der Waals surface area contributed by atoms with Gasteiger partial charge in [-0.1, -0.05) is 0 Å². The molecule has 0 amide bonds. The lowest BCUT2D eigenvalue weighted by molar-refractivity contribution is 0.0696. The van der Waals surface area contributed by atoms with E-state index < -0.39 is 5.97 Å². The van der Waals surface area contributed by atoms with Gasteiger partial charge in [-0.3, -0.25) is 4.90 Å². The lowest BCUT2D eigenvalue weighted by atomic mass is 10.1. The summed E-state index contributed by atoms with van der Waals surface area (Å²) in [7, 11) is 0. The molecular formula is C16H21N3O2. The number of carboxylic acid groups (broad SMARTS) is 1. The van der Waals surface area contributed by atoms with Gasteiger partial charge in [0.1, 0.15) is 11.4 Å². The van der Waals surface area contributed by atoms with Crippen molar-refractivity contribution in [2.24, 2.45) is 0 Å². The van der Waals surface area contributed by atoms with Crippen LogP contribution in [-0.4, -0.2) is 53.2 Å². The summed E-state index contributed by atoms with van der Waals surface area (Å²) < 4.78 is 0. The summed E-state index contributed by atoms with van der Waals surface area (Å²) in [6, 6.07) is 2.45. The maximum atomic E-state index is 11.6. The van der Waals surface area contributed by atoms with Crippen LogP contribution in [0.25, 0.3) is 0 Å². The molecule has 0 radical (unpaired) electrons. The van der Waals surface area contributed by atoms with Gasteiger partial charge in [-0.05, 0) is 50.3 Å². The standard InChI is InChI=1S/C16H21N3O2/c20-16(21)13-9-11-3-1-5-14(11)17-15(13)19-8-7-18-6-2-4-12(18)10-19/h9,12H,1-8,10H2,(H,20,21). The van der Waals surface area contributed by atoms with E-state index in [-0.39, 0.29) is 0 Å². The van der Waals surface area contributed by atoms with Gasteiger partial charge in [0, 0.05) is 31.4 Å². The van der Waals surface area contributed by atoms with Crippen molar-refractivity contribution >= 4 is 11.8 Å². The summed E-state index contributed by atoms with van der Waals surface area (Å²) in [6.45, 7) is 4.04. The van der Waals surface area contributed by atoms with Crippen LogP contribution >= 0.6 is 0 Å². The van der Waals surface area contributed by atoms with Crippen molar-refractivity contribution in [1.29, 1.82) is 0 Å². The van der Waals surface area contributed by atoms with E-state index in [1.165, 1.54) is 19.4 Å². The molecule has 1 atom stereocenters. The fourth-order valence-corrected chi connectivity index (χ4v) is 4.04. The van der Waals surface area contributed by atoms with Crippen molar-refractivity contribution in [2.45, 2.75) is 38.1 Å². The Kier molecular flexibility index (Phi) is 3.10. The zero-order chi connectivity index (χ0) is 14.4. The number of rotatable bonds is 2. The number of carboxylic acids is 1. The number of aromatic carboxylic acids is 1. The van der Waals surface area contributed by atoms with Gasteiger partial charge in [0.05, 0.1) is 0 Å². The second-order valence-corrected chi connectivity index (χ2v) is 6.40. The van der Waals surface area contributed by atoms with E-state index >= 15 is 0 Å². The Labute approximate surface area is 124 Å². The van der Waals surface area contributed by atoms with Crippen LogP contribution in [-0.2, 0) is 12.8 Å². The number of aromatic nitrogens is 1. The molecule has 1 aromatic heterocycles. The quantitative estimate of drug-likeness (QED) is 0.894. The molecule has 1 unspecified atom stereocenters. The Balaban J connectivity index is 1.68. The lowest BCUT2D eigenvalue weighted by Gasteiger charge is -2.38. The predicted molar refractivity (Wildman–Crippen MR) is 80.0 cm³/mol. The smallest absolute Gasteiger partial charge is 0.339 e. The zero-order valence-electron chi connectivity index (χ0n) is 12.2. The van der Waals surface area contributed by atoms with Gasteiger partial charge < -0.3 is 10.0 Å². The molecule has 1 N–H and O–H groups in total. The van der Waals surface area contributed by atoms with Gasteiger partial charge in [0.15, 0.2) is 0 Å². The fourth-order valence-electron chi connectivity index (χ4n) is 4.04. The monoisotopic (exact) mass is 287 g/mol. The number of aryl methyl sites for hydroxylation is 2. The summed E-state index contributed by atoms with van der Waals surface area (Å²) in [4.78, 5) is 21.1. The fraction of sp³-hybridized carbons (Fsp3) is 0.625. The highest BCUT2D eigenvalue weighted by Crippen LogP contribution is 2.30. The molecule has 5 heteroatoms. The third kappa shape index (κ3) is 2.20. The highest BCUT2D eigenvalue weighted by atomic mass is 16.4. The Morgan fingerprint density at radius 3 is 3.00 bits per heavy atom. The highest BCUT2D eigenvalue weighted by Gasteiger charge is 2.33. The van der Waals surface area contributed by atoms with Gasteiger partial charge in [-0.2, -0.15) is 0 Å². The molecule has 21 heavy (non-hydrogen) atoms. The third-order valence-electron chi connectivity index (χ3n) is 5.15. The van der Waals surface area contributed by atoms with Crippen molar-refractivity contribution in [3.05, 3.63) is 22.9 Å². The summed E-state index contributed by atoms with van der Waals surface area (Å²) in [5.41, 5.74) is 2.64. The molecule has 112 valence electrons. The van der Waals surface area contributed by atoms with E-state index in [9.17, 15) is 9.90 Å². The normalized spacial score (nSPS) is 25.0. The van der Waals surface area contributed by atoms with Gasteiger partial charge in [0.2, 0.25) is 0 Å². The van der Waals surface area contributed by atoms with Crippen LogP contribution < -0.4 is 4.90 Å². The van der Waals surface area contributed by atoms with Crippen LogP contribution in [0.15, 0.2) is 6.07 Å². The number of hydrogen-bond donors (Lipinski definition) is 1. The molecule has 0 aromatic carbocycles. The van der Waals surface area contributed by atoms with E-state index in [1.54, 1.807) is 0 Å². The minimum Gasteiger partial charge on any atom is -0.478 e. The minimum absolute atomic E-state index is 0.391. The number of fused-ring (bicyclic) bond motifs is 2. The van der Waals surface area contributed by atoms with E-state index in [2.05, 4.69) is 9.80 Å². The van der Waals surface area contributed by atoms with Crippen molar-refractivity contribution < 1.29 is 9.90 Å².